The third kappa shape index (κ3) is 3.98. The van der Waals surface area contributed by atoms with Gasteiger partial charge < -0.3 is 4.57 Å². The van der Waals surface area contributed by atoms with Gasteiger partial charge in [-0.05, 0) is 47.5 Å². The third-order valence-corrected chi connectivity index (χ3v) is 7.80. The zero-order valence-corrected chi connectivity index (χ0v) is 22.3. The van der Waals surface area contributed by atoms with Crippen molar-refractivity contribution in [1.82, 2.24) is 14.5 Å². The number of benzene rings is 6. The van der Waals surface area contributed by atoms with Crippen molar-refractivity contribution in [3.8, 4) is 39.5 Å². The lowest BCUT2D eigenvalue weighted by Crippen LogP contribution is -1.96. The number of hydrogen-bond donors (Lipinski definition) is 0. The second-order valence-corrected chi connectivity index (χ2v) is 10.3. The number of fused-ring (bicyclic) bond motifs is 4. The summed E-state index contributed by atoms with van der Waals surface area (Å²) in [6.07, 6.45) is 0. The van der Waals surface area contributed by atoms with E-state index in [1.807, 2.05) is 24.3 Å². The Bertz CT molecular complexity index is 2180. The summed E-state index contributed by atoms with van der Waals surface area (Å²) < 4.78 is 2.36. The molecular weight excluding hydrogens is 498 g/mol. The topological polar surface area (TPSA) is 30.7 Å². The zero-order valence-electron chi connectivity index (χ0n) is 22.3. The largest absolute Gasteiger partial charge is 0.309 e. The predicted molar refractivity (Wildman–Crippen MR) is 170 cm³/mol. The molecule has 0 radical (unpaired) electrons. The van der Waals surface area contributed by atoms with Crippen molar-refractivity contribution in [3.05, 3.63) is 152 Å². The van der Waals surface area contributed by atoms with Crippen LogP contribution >= 0.6 is 0 Å². The van der Waals surface area contributed by atoms with Gasteiger partial charge in [0.1, 0.15) is 0 Å². The van der Waals surface area contributed by atoms with E-state index in [0.29, 0.717) is 0 Å². The van der Waals surface area contributed by atoms with Gasteiger partial charge in [-0.3, -0.25) is 0 Å². The van der Waals surface area contributed by atoms with Crippen LogP contribution in [0.25, 0.3) is 72.2 Å². The van der Waals surface area contributed by atoms with Crippen LogP contribution in [0.15, 0.2) is 152 Å². The average molecular weight is 524 g/mol. The Morgan fingerprint density at radius 2 is 1.00 bits per heavy atom. The maximum Gasteiger partial charge on any atom is 0.160 e. The van der Waals surface area contributed by atoms with Gasteiger partial charge in [-0.15, -0.1) is 0 Å². The predicted octanol–water partition coefficient (Wildman–Crippen LogP) is 9.73. The number of nitrogens with zero attached hydrogens (tertiary/aromatic N) is 3. The molecule has 0 amide bonds. The Morgan fingerprint density at radius 1 is 0.390 bits per heavy atom. The quantitative estimate of drug-likeness (QED) is 0.230. The molecular formula is C38H25N3. The van der Waals surface area contributed by atoms with Crippen LogP contribution in [0.2, 0.25) is 0 Å². The molecule has 192 valence electrons. The van der Waals surface area contributed by atoms with Crippen LogP contribution in [0.5, 0.6) is 0 Å². The van der Waals surface area contributed by atoms with E-state index >= 15 is 0 Å². The van der Waals surface area contributed by atoms with E-state index in [9.17, 15) is 0 Å². The Labute approximate surface area is 238 Å². The van der Waals surface area contributed by atoms with E-state index in [1.54, 1.807) is 0 Å². The van der Waals surface area contributed by atoms with Crippen molar-refractivity contribution in [3.63, 3.8) is 0 Å². The fraction of sp³-hybridized carbons (Fsp3) is 0. The minimum absolute atomic E-state index is 0.735. The van der Waals surface area contributed by atoms with Crippen LogP contribution in [0, 0.1) is 0 Å². The van der Waals surface area contributed by atoms with E-state index in [1.165, 1.54) is 21.8 Å². The molecule has 0 atom stereocenters. The van der Waals surface area contributed by atoms with Crippen LogP contribution in [0.4, 0.5) is 0 Å². The highest BCUT2D eigenvalue weighted by atomic mass is 15.0. The maximum atomic E-state index is 5.09. The minimum Gasteiger partial charge on any atom is -0.309 e. The molecule has 3 nitrogen and oxygen atoms in total. The second-order valence-electron chi connectivity index (χ2n) is 10.3. The van der Waals surface area contributed by atoms with Crippen molar-refractivity contribution < 1.29 is 0 Å². The lowest BCUT2D eigenvalue weighted by atomic mass is 9.99. The van der Waals surface area contributed by atoms with Crippen molar-refractivity contribution in [2.75, 3.05) is 0 Å². The van der Waals surface area contributed by atoms with E-state index in [0.717, 1.165) is 50.4 Å². The molecule has 0 N–H and O–H groups in total. The second kappa shape index (κ2) is 9.58. The van der Waals surface area contributed by atoms with Crippen molar-refractivity contribution in [2.45, 2.75) is 0 Å². The fourth-order valence-electron chi connectivity index (χ4n) is 5.85. The standard InChI is InChI=1S/C38H25N3/c1-4-12-26(13-5-1)37-33-24-28(21-23-34(33)39-38(40-37)27-14-6-2-7-15-27)29-20-22-32-31-18-10-11-19-35(31)41(36(32)25-29)30-16-8-3-9-17-30/h1-25H. The molecule has 0 aliphatic rings. The molecule has 0 unspecified atom stereocenters. The molecule has 2 heterocycles. The van der Waals surface area contributed by atoms with Crippen molar-refractivity contribution in [2.24, 2.45) is 0 Å². The molecule has 8 aromatic rings. The van der Waals surface area contributed by atoms with Gasteiger partial charge in [0.05, 0.1) is 22.2 Å². The summed E-state index contributed by atoms with van der Waals surface area (Å²) in [7, 11) is 0. The lowest BCUT2D eigenvalue weighted by Gasteiger charge is -2.12. The van der Waals surface area contributed by atoms with Crippen LogP contribution in [0.1, 0.15) is 0 Å². The van der Waals surface area contributed by atoms with Gasteiger partial charge in [0.2, 0.25) is 0 Å². The normalized spacial score (nSPS) is 11.4. The number of hydrogen-bond acceptors (Lipinski definition) is 2. The van der Waals surface area contributed by atoms with Gasteiger partial charge in [0, 0.05) is 33.0 Å². The van der Waals surface area contributed by atoms with Gasteiger partial charge in [0.15, 0.2) is 5.82 Å². The third-order valence-electron chi connectivity index (χ3n) is 7.80. The van der Waals surface area contributed by atoms with Gasteiger partial charge in [-0.2, -0.15) is 0 Å². The highest BCUT2D eigenvalue weighted by Gasteiger charge is 2.15. The number of rotatable bonds is 4. The van der Waals surface area contributed by atoms with E-state index in [2.05, 4.69) is 132 Å². The van der Waals surface area contributed by atoms with Gasteiger partial charge in [-0.25, -0.2) is 9.97 Å². The van der Waals surface area contributed by atoms with Gasteiger partial charge in [0.25, 0.3) is 0 Å². The first-order valence-corrected chi connectivity index (χ1v) is 13.9. The molecule has 0 spiro atoms. The monoisotopic (exact) mass is 523 g/mol. The molecule has 8 rings (SSSR count). The minimum atomic E-state index is 0.735. The first kappa shape index (κ1) is 23.4. The molecule has 3 heteroatoms. The summed E-state index contributed by atoms with van der Waals surface area (Å²) in [6.45, 7) is 0. The Morgan fingerprint density at radius 3 is 1.78 bits per heavy atom. The first-order valence-electron chi connectivity index (χ1n) is 13.9. The van der Waals surface area contributed by atoms with E-state index < -0.39 is 0 Å². The molecule has 2 aromatic heterocycles. The number of para-hydroxylation sites is 2. The SMILES string of the molecule is c1ccc(-c2nc(-c3ccccc3)c3cc(-c4ccc5c6ccccc6n(-c6ccccc6)c5c4)ccc3n2)cc1. The van der Waals surface area contributed by atoms with Crippen LogP contribution < -0.4 is 0 Å². The molecule has 0 saturated carbocycles. The summed E-state index contributed by atoms with van der Waals surface area (Å²) in [4.78, 5) is 10.1. The summed E-state index contributed by atoms with van der Waals surface area (Å²) >= 11 is 0. The van der Waals surface area contributed by atoms with Crippen LogP contribution in [-0.2, 0) is 0 Å². The van der Waals surface area contributed by atoms with Gasteiger partial charge >= 0.3 is 0 Å². The summed E-state index contributed by atoms with van der Waals surface area (Å²) in [5, 5.41) is 3.54. The Balaban J connectivity index is 1.35. The Hall–Kier alpha value is -5.54. The first-order chi connectivity index (χ1) is 20.3. The van der Waals surface area contributed by atoms with Crippen molar-refractivity contribution in [1.29, 1.82) is 0 Å². The molecule has 41 heavy (non-hydrogen) atoms. The summed E-state index contributed by atoms with van der Waals surface area (Å²) in [5.74, 6) is 0.735. The Kier molecular flexibility index (Phi) is 5.46. The highest BCUT2D eigenvalue weighted by Crippen LogP contribution is 2.37. The van der Waals surface area contributed by atoms with Crippen LogP contribution in [-0.4, -0.2) is 14.5 Å². The summed E-state index contributed by atoms with van der Waals surface area (Å²) in [6, 6.07) is 53.2. The average Bonchev–Trinajstić information content (AvgIpc) is 3.39. The molecule has 0 aliphatic carbocycles. The molecule has 0 bridgehead atoms. The smallest absolute Gasteiger partial charge is 0.160 e. The van der Waals surface area contributed by atoms with Gasteiger partial charge in [-0.1, -0.05) is 115 Å². The summed E-state index contributed by atoms with van der Waals surface area (Å²) in [5.41, 5.74) is 9.80. The van der Waals surface area contributed by atoms with E-state index in [4.69, 9.17) is 9.97 Å². The highest BCUT2D eigenvalue weighted by molar-refractivity contribution is 6.10. The van der Waals surface area contributed by atoms with E-state index in [-0.39, 0.29) is 0 Å². The van der Waals surface area contributed by atoms with Crippen molar-refractivity contribution >= 4 is 32.7 Å². The van der Waals surface area contributed by atoms with Crippen LogP contribution in [0.3, 0.4) is 0 Å². The fourth-order valence-corrected chi connectivity index (χ4v) is 5.85. The zero-order chi connectivity index (χ0) is 27.2. The number of aromatic nitrogens is 3. The maximum absolute atomic E-state index is 5.09. The molecule has 0 aliphatic heterocycles. The molecule has 6 aromatic carbocycles. The molecule has 0 fully saturated rings. The molecule has 0 saturated heterocycles. The lowest BCUT2D eigenvalue weighted by molar-refractivity contribution is 1.18.